The van der Waals surface area contributed by atoms with Crippen molar-refractivity contribution in [3.05, 3.63) is 57.9 Å². The van der Waals surface area contributed by atoms with Gasteiger partial charge in [0.25, 0.3) is 5.91 Å². The van der Waals surface area contributed by atoms with E-state index in [1.54, 1.807) is 24.3 Å². The van der Waals surface area contributed by atoms with Crippen LogP contribution in [0.4, 0.5) is 5.69 Å². The lowest BCUT2D eigenvalue weighted by Gasteiger charge is -2.10. The van der Waals surface area contributed by atoms with Gasteiger partial charge in [0.2, 0.25) is 0 Å². The van der Waals surface area contributed by atoms with Crippen LogP contribution in [0.2, 0.25) is 0 Å². The predicted molar refractivity (Wildman–Crippen MR) is 109 cm³/mol. The number of anilines is 1. The molecule has 0 fully saturated rings. The lowest BCUT2D eigenvalue weighted by Crippen LogP contribution is -2.15. The number of aryl methyl sites for hydroxylation is 2. The minimum Gasteiger partial charge on any atom is -0.465 e. The van der Waals surface area contributed by atoms with Gasteiger partial charge in [0.15, 0.2) is 0 Å². The van der Waals surface area contributed by atoms with E-state index in [4.69, 9.17) is 4.74 Å². The van der Waals surface area contributed by atoms with Gasteiger partial charge in [-0.05, 0) is 62.6 Å². The average Bonchev–Trinajstić information content (AvgIpc) is 2.94. The number of rotatable bonds is 6. The molecular formula is C22H25N3O3. The van der Waals surface area contributed by atoms with Gasteiger partial charge in [0.1, 0.15) is 11.6 Å². The van der Waals surface area contributed by atoms with Crippen LogP contribution in [0.3, 0.4) is 0 Å². The van der Waals surface area contributed by atoms with E-state index in [0.29, 0.717) is 11.3 Å². The first-order valence-electron chi connectivity index (χ1n) is 9.11. The molecule has 0 radical (unpaired) electrons. The third-order valence-electron chi connectivity index (χ3n) is 4.63. The number of hydrogen-bond donors (Lipinski definition) is 1. The Hall–Kier alpha value is -3.33. The fourth-order valence-corrected chi connectivity index (χ4v) is 3.04. The van der Waals surface area contributed by atoms with Crippen molar-refractivity contribution in [1.29, 1.82) is 5.26 Å². The number of methoxy groups -OCH3 is 1. The fraction of sp³-hybridized carbons (Fsp3) is 0.318. The molecule has 6 nitrogen and oxygen atoms in total. The summed E-state index contributed by atoms with van der Waals surface area (Å²) in [5.74, 6) is -1.01. The molecule has 1 heterocycles. The Morgan fingerprint density at radius 2 is 1.96 bits per heavy atom. The van der Waals surface area contributed by atoms with Gasteiger partial charge in [0, 0.05) is 23.6 Å². The molecule has 0 bridgehead atoms. The number of aromatic nitrogens is 1. The van der Waals surface area contributed by atoms with Gasteiger partial charge >= 0.3 is 5.97 Å². The highest BCUT2D eigenvalue weighted by atomic mass is 16.5. The highest BCUT2D eigenvalue weighted by Crippen LogP contribution is 2.21. The molecule has 1 aromatic heterocycles. The largest absolute Gasteiger partial charge is 0.465 e. The third-order valence-corrected chi connectivity index (χ3v) is 4.63. The summed E-state index contributed by atoms with van der Waals surface area (Å²) in [6.07, 6.45) is 2.60. The van der Waals surface area contributed by atoms with Crippen molar-refractivity contribution in [2.24, 2.45) is 0 Å². The van der Waals surface area contributed by atoms with Crippen LogP contribution in [0.25, 0.3) is 6.08 Å². The molecule has 0 atom stereocenters. The number of hydrogen-bond acceptors (Lipinski definition) is 4. The van der Waals surface area contributed by atoms with E-state index in [0.717, 1.165) is 35.5 Å². The van der Waals surface area contributed by atoms with E-state index in [9.17, 15) is 14.9 Å². The summed E-state index contributed by atoms with van der Waals surface area (Å²) >= 11 is 0. The summed E-state index contributed by atoms with van der Waals surface area (Å²) in [6, 6.07) is 8.83. The highest BCUT2D eigenvalue weighted by molar-refractivity contribution is 6.10. The number of ether oxygens (including phenoxy) is 1. The molecule has 28 heavy (non-hydrogen) atoms. The van der Waals surface area contributed by atoms with Crippen molar-refractivity contribution < 1.29 is 14.3 Å². The molecule has 0 saturated carbocycles. The monoisotopic (exact) mass is 379 g/mol. The quantitative estimate of drug-likeness (QED) is 0.464. The van der Waals surface area contributed by atoms with Gasteiger partial charge in [-0.3, -0.25) is 4.79 Å². The molecule has 0 aliphatic rings. The summed E-state index contributed by atoms with van der Waals surface area (Å²) in [7, 11) is 1.30. The number of nitrogens with zero attached hydrogens (tertiary/aromatic N) is 2. The Labute approximate surface area is 165 Å². The van der Waals surface area contributed by atoms with Crippen LogP contribution in [-0.2, 0) is 16.1 Å². The smallest absolute Gasteiger partial charge is 0.337 e. The maximum absolute atomic E-state index is 12.7. The zero-order valence-corrected chi connectivity index (χ0v) is 16.9. The SMILES string of the molecule is CCCn1c(C)cc(/C=C(\C#N)C(=O)Nc2cc(C(=O)OC)ccc2C)c1C. The lowest BCUT2D eigenvalue weighted by atomic mass is 10.1. The Bertz CT molecular complexity index is 978. The van der Waals surface area contributed by atoms with Gasteiger partial charge in [-0.25, -0.2) is 4.79 Å². The third kappa shape index (κ3) is 4.49. The van der Waals surface area contributed by atoms with Crippen LogP contribution in [0.1, 0.15) is 46.2 Å². The molecule has 2 rings (SSSR count). The van der Waals surface area contributed by atoms with Gasteiger partial charge in [-0.1, -0.05) is 13.0 Å². The van der Waals surface area contributed by atoms with Crippen LogP contribution < -0.4 is 5.32 Å². The fourth-order valence-electron chi connectivity index (χ4n) is 3.04. The molecule has 1 N–H and O–H groups in total. The van der Waals surface area contributed by atoms with Crippen LogP contribution in [0.5, 0.6) is 0 Å². The molecule has 1 aromatic carbocycles. The molecular weight excluding hydrogens is 354 g/mol. The van der Waals surface area contributed by atoms with Crippen LogP contribution in [0.15, 0.2) is 29.8 Å². The Morgan fingerprint density at radius 3 is 2.57 bits per heavy atom. The second kappa shape index (κ2) is 9.05. The van der Waals surface area contributed by atoms with Crippen LogP contribution in [-0.4, -0.2) is 23.6 Å². The number of esters is 1. The molecule has 6 heteroatoms. The molecule has 2 aromatic rings. The van der Waals surface area contributed by atoms with Crippen LogP contribution in [0, 0.1) is 32.1 Å². The van der Waals surface area contributed by atoms with E-state index in [1.807, 2.05) is 32.9 Å². The number of nitriles is 1. The van der Waals surface area contributed by atoms with E-state index in [1.165, 1.54) is 7.11 Å². The lowest BCUT2D eigenvalue weighted by molar-refractivity contribution is -0.112. The summed E-state index contributed by atoms with van der Waals surface area (Å²) in [5, 5.41) is 12.2. The molecule has 0 unspecified atom stereocenters. The van der Waals surface area contributed by atoms with Gasteiger partial charge in [0.05, 0.1) is 12.7 Å². The molecule has 146 valence electrons. The Morgan fingerprint density at radius 1 is 1.25 bits per heavy atom. The summed E-state index contributed by atoms with van der Waals surface area (Å²) in [5.41, 5.74) is 4.52. The highest BCUT2D eigenvalue weighted by Gasteiger charge is 2.15. The maximum atomic E-state index is 12.7. The molecule has 1 amide bonds. The topological polar surface area (TPSA) is 84.1 Å². The molecule has 0 saturated heterocycles. The minimum absolute atomic E-state index is 0.000352. The van der Waals surface area contributed by atoms with Gasteiger partial charge < -0.3 is 14.6 Å². The van der Waals surface area contributed by atoms with Crippen LogP contribution >= 0.6 is 0 Å². The number of benzene rings is 1. The van der Waals surface area contributed by atoms with Crippen molar-refractivity contribution in [3.8, 4) is 6.07 Å². The summed E-state index contributed by atoms with van der Waals surface area (Å²) in [4.78, 5) is 24.4. The van der Waals surface area contributed by atoms with Gasteiger partial charge in [-0.2, -0.15) is 5.26 Å². The number of carbonyl (C=O) groups excluding carboxylic acids is 2. The predicted octanol–water partition coefficient (Wildman–Crippen LogP) is 4.16. The zero-order valence-electron chi connectivity index (χ0n) is 16.9. The summed E-state index contributed by atoms with van der Waals surface area (Å²) in [6.45, 7) is 8.79. The number of carbonyl (C=O) groups is 2. The van der Waals surface area contributed by atoms with Crippen molar-refractivity contribution in [1.82, 2.24) is 4.57 Å². The first-order valence-corrected chi connectivity index (χ1v) is 9.11. The molecule has 0 aliphatic carbocycles. The van der Waals surface area contributed by atoms with E-state index in [-0.39, 0.29) is 5.57 Å². The van der Waals surface area contributed by atoms with Crippen molar-refractivity contribution in [3.63, 3.8) is 0 Å². The number of nitrogens with one attached hydrogen (secondary N) is 1. The average molecular weight is 379 g/mol. The molecule has 0 aliphatic heterocycles. The van der Waals surface area contributed by atoms with Crippen molar-refractivity contribution >= 4 is 23.6 Å². The van der Waals surface area contributed by atoms with E-state index in [2.05, 4.69) is 16.8 Å². The Kier molecular flexibility index (Phi) is 6.78. The minimum atomic E-state index is -0.520. The summed E-state index contributed by atoms with van der Waals surface area (Å²) < 4.78 is 6.88. The van der Waals surface area contributed by atoms with Gasteiger partial charge in [-0.15, -0.1) is 0 Å². The first-order chi connectivity index (χ1) is 13.3. The Balaban J connectivity index is 2.33. The number of amides is 1. The standard InChI is InChI=1S/C22H25N3O3/c1-6-9-25-15(3)10-18(16(25)4)11-19(13-23)21(26)24-20-12-17(22(27)28-5)8-7-14(20)2/h7-8,10-12H,6,9H2,1-5H3,(H,24,26)/b19-11+. The van der Waals surface area contributed by atoms with E-state index >= 15 is 0 Å². The normalized spacial score (nSPS) is 11.1. The second-order valence-electron chi connectivity index (χ2n) is 6.62. The van der Waals surface area contributed by atoms with Crippen molar-refractivity contribution in [2.45, 2.75) is 40.7 Å². The first kappa shape index (κ1) is 21.0. The van der Waals surface area contributed by atoms with Crippen molar-refractivity contribution in [2.75, 3.05) is 12.4 Å². The zero-order chi connectivity index (χ0) is 20.8. The van der Waals surface area contributed by atoms with E-state index < -0.39 is 11.9 Å². The second-order valence-corrected chi connectivity index (χ2v) is 6.62. The molecule has 0 spiro atoms. The maximum Gasteiger partial charge on any atom is 0.337 e.